The zero-order valence-electron chi connectivity index (χ0n) is 17.1. The lowest BCUT2D eigenvalue weighted by Crippen LogP contribution is -2.41. The highest BCUT2D eigenvalue weighted by molar-refractivity contribution is 6.13. The molecule has 11 heteroatoms. The third-order valence-electron chi connectivity index (χ3n) is 5.00. The molecule has 0 saturated heterocycles. The van der Waals surface area contributed by atoms with Crippen molar-refractivity contribution in [1.29, 1.82) is 5.26 Å². The van der Waals surface area contributed by atoms with Gasteiger partial charge in [0.1, 0.15) is 12.2 Å². The molecule has 0 atom stereocenters. The van der Waals surface area contributed by atoms with Gasteiger partial charge in [-0.05, 0) is 42.5 Å². The van der Waals surface area contributed by atoms with Crippen molar-refractivity contribution in [2.75, 3.05) is 28.6 Å². The number of anilines is 3. The number of alkyl halides is 3. The normalized spacial score (nSPS) is 13.3. The predicted molar refractivity (Wildman–Crippen MR) is 114 cm³/mol. The lowest BCUT2D eigenvalue weighted by Gasteiger charge is -2.28. The molecule has 0 spiro atoms. The van der Waals surface area contributed by atoms with Crippen LogP contribution in [0.2, 0.25) is 0 Å². The van der Waals surface area contributed by atoms with Gasteiger partial charge in [0.2, 0.25) is 0 Å². The average Bonchev–Trinajstić information content (AvgIpc) is 3.21. The second-order valence-electron chi connectivity index (χ2n) is 7.25. The molecule has 0 aliphatic carbocycles. The summed E-state index contributed by atoms with van der Waals surface area (Å²) >= 11 is 0. The van der Waals surface area contributed by atoms with Crippen molar-refractivity contribution in [3.63, 3.8) is 0 Å². The second kappa shape index (κ2) is 8.66. The van der Waals surface area contributed by atoms with E-state index < -0.39 is 24.5 Å². The quantitative estimate of drug-likeness (QED) is 0.613. The molecule has 3 aromatic rings. The van der Waals surface area contributed by atoms with Crippen molar-refractivity contribution in [2.24, 2.45) is 0 Å². The lowest BCUT2D eigenvalue weighted by atomic mass is 10.1. The Hall–Kier alpha value is -4.33. The van der Waals surface area contributed by atoms with E-state index in [2.05, 4.69) is 15.7 Å². The summed E-state index contributed by atoms with van der Waals surface area (Å²) in [5, 5.41) is 18.1. The van der Waals surface area contributed by atoms with Gasteiger partial charge in [-0.3, -0.25) is 14.3 Å². The fraction of sp³-hybridized carbons (Fsp3) is 0.182. The van der Waals surface area contributed by atoms with Crippen LogP contribution in [0.25, 0.3) is 0 Å². The van der Waals surface area contributed by atoms with Crippen molar-refractivity contribution in [1.82, 2.24) is 9.78 Å². The van der Waals surface area contributed by atoms with Crippen molar-refractivity contribution in [3.8, 4) is 6.07 Å². The number of hydrogen-bond donors (Lipinski definition) is 2. The number of nitriles is 1. The highest BCUT2D eigenvalue weighted by Crippen LogP contribution is 2.27. The third kappa shape index (κ3) is 4.79. The summed E-state index contributed by atoms with van der Waals surface area (Å²) in [5.41, 5.74) is 1.78. The maximum absolute atomic E-state index is 13.2. The van der Waals surface area contributed by atoms with Crippen LogP contribution in [-0.2, 0) is 6.54 Å². The van der Waals surface area contributed by atoms with Gasteiger partial charge < -0.3 is 15.5 Å². The van der Waals surface area contributed by atoms with E-state index in [-0.39, 0.29) is 22.6 Å². The van der Waals surface area contributed by atoms with Crippen LogP contribution in [0.3, 0.4) is 0 Å². The van der Waals surface area contributed by atoms with Crippen LogP contribution in [0.5, 0.6) is 0 Å². The van der Waals surface area contributed by atoms with Gasteiger partial charge >= 0.3 is 6.18 Å². The molecule has 1 aliphatic heterocycles. The molecule has 2 amide bonds. The van der Waals surface area contributed by atoms with Crippen LogP contribution in [0.15, 0.2) is 54.7 Å². The molecule has 0 saturated carbocycles. The summed E-state index contributed by atoms with van der Waals surface area (Å²) < 4.78 is 38.6. The summed E-state index contributed by atoms with van der Waals surface area (Å²) in [5.74, 6) is -0.899. The van der Waals surface area contributed by atoms with E-state index in [4.69, 9.17) is 5.26 Å². The molecule has 1 aliphatic rings. The van der Waals surface area contributed by atoms with E-state index in [0.29, 0.717) is 24.3 Å². The first-order valence-corrected chi connectivity index (χ1v) is 9.85. The van der Waals surface area contributed by atoms with Gasteiger partial charge in [0.25, 0.3) is 11.8 Å². The number of halogens is 3. The van der Waals surface area contributed by atoms with Crippen LogP contribution in [0.4, 0.5) is 30.2 Å². The number of hydrogen-bond acceptors (Lipinski definition) is 5. The number of carbonyl (C=O) groups excluding carboxylic acids is 2. The Labute approximate surface area is 186 Å². The zero-order valence-corrected chi connectivity index (χ0v) is 17.1. The smallest absolute Gasteiger partial charge is 0.376 e. The topological polar surface area (TPSA) is 103 Å². The van der Waals surface area contributed by atoms with Gasteiger partial charge in [-0.2, -0.15) is 23.5 Å². The van der Waals surface area contributed by atoms with E-state index in [1.165, 1.54) is 34.0 Å². The minimum atomic E-state index is -4.34. The average molecular weight is 454 g/mol. The van der Waals surface area contributed by atoms with E-state index in [0.717, 1.165) is 0 Å². The Morgan fingerprint density at radius 1 is 1.15 bits per heavy atom. The number of fused-ring (bicyclic) bond motifs is 1. The first kappa shape index (κ1) is 21.9. The fourth-order valence-corrected chi connectivity index (χ4v) is 3.43. The van der Waals surface area contributed by atoms with Gasteiger partial charge in [-0.25, -0.2) is 0 Å². The van der Waals surface area contributed by atoms with Crippen LogP contribution in [0.1, 0.15) is 26.4 Å². The molecule has 2 N–H and O–H groups in total. The van der Waals surface area contributed by atoms with Gasteiger partial charge in [0.05, 0.1) is 30.1 Å². The number of nitrogens with zero attached hydrogens (tertiary/aromatic N) is 4. The fourth-order valence-electron chi connectivity index (χ4n) is 3.43. The van der Waals surface area contributed by atoms with E-state index in [1.54, 1.807) is 30.3 Å². The minimum absolute atomic E-state index is 0.185. The molecule has 1 aromatic heterocycles. The Balaban J connectivity index is 1.51. The zero-order chi connectivity index (χ0) is 23.6. The number of carbonyl (C=O) groups is 2. The Kier molecular flexibility index (Phi) is 5.74. The summed E-state index contributed by atoms with van der Waals surface area (Å²) in [4.78, 5) is 27.3. The summed E-state index contributed by atoms with van der Waals surface area (Å²) in [6.07, 6.45) is -2.95. The standard InChI is InChI=1S/C22H17F3N6O2/c23-22(24,25)13-27-16-4-6-17(7-5-16)30-8-9-31-19(21(30)33)18(12-28-31)29-20(32)15-3-1-2-14(10-15)11-26/h1-7,10,12,27H,8-9,13H2,(H,29,32). The Morgan fingerprint density at radius 3 is 2.61 bits per heavy atom. The number of benzene rings is 2. The number of nitrogens with one attached hydrogen (secondary N) is 2. The first-order valence-electron chi connectivity index (χ1n) is 9.85. The van der Waals surface area contributed by atoms with E-state index >= 15 is 0 Å². The van der Waals surface area contributed by atoms with Crippen LogP contribution >= 0.6 is 0 Å². The molecule has 33 heavy (non-hydrogen) atoms. The Bertz CT molecular complexity index is 1240. The highest BCUT2D eigenvalue weighted by atomic mass is 19.4. The summed E-state index contributed by atoms with van der Waals surface area (Å²) in [7, 11) is 0. The summed E-state index contributed by atoms with van der Waals surface area (Å²) in [6, 6.07) is 14.1. The monoisotopic (exact) mass is 454 g/mol. The first-order chi connectivity index (χ1) is 15.7. The summed E-state index contributed by atoms with van der Waals surface area (Å²) in [6.45, 7) is -0.482. The highest BCUT2D eigenvalue weighted by Gasteiger charge is 2.31. The minimum Gasteiger partial charge on any atom is -0.376 e. The van der Waals surface area contributed by atoms with Crippen molar-refractivity contribution >= 4 is 28.9 Å². The largest absolute Gasteiger partial charge is 0.405 e. The molecule has 2 heterocycles. The SMILES string of the molecule is N#Cc1cccc(C(=O)Nc2cnn3c2C(=O)N(c2ccc(NCC(F)(F)F)cc2)CC3)c1. The lowest BCUT2D eigenvalue weighted by molar-refractivity contribution is -0.115. The third-order valence-corrected chi connectivity index (χ3v) is 5.00. The molecule has 0 unspecified atom stereocenters. The maximum Gasteiger partial charge on any atom is 0.405 e. The van der Waals surface area contributed by atoms with Crippen LogP contribution < -0.4 is 15.5 Å². The van der Waals surface area contributed by atoms with E-state index in [1.807, 2.05) is 6.07 Å². The molecule has 0 radical (unpaired) electrons. The van der Waals surface area contributed by atoms with Crippen molar-refractivity contribution < 1.29 is 22.8 Å². The molecular weight excluding hydrogens is 437 g/mol. The van der Waals surface area contributed by atoms with Crippen molar-refractivity contribution in [2.45, 2.75) is 12.7 Å². The van der Waals surface area contributed by atoms with Crippen molar-refractivity contribution in [3.05, 3.63) is 71.5 Å². The molecular formula is C22H17F3N6O2. The predicted octanol–water partition coefficient (Wildman–Crippen LogP) is 3.64. The van der Waals surface area contributed by atoms with Gasteiger partial charge in [0.15, 0.2) is 0 Å². The molecule has 2 aromatic carbocycles. The number of rotatable bonds is 5. The van der Waals surface area contributed by atoms with Crippen LogP contribution in [-0.4, -0.2) is 40.9 Å². The molecule has 0 fully saturated rings. The van der Waals surface area contributed by atoms with Gasteiger partial charge in [0, 0.05) is 23.5 Å². The second-order valence-corrected chi connectivity index (χ2v) is 7.25. The Morgan fingerprint density at radius 2 is 1.91 bits per heavy atom. The molecule has 168 valence electrons. The van der Waals surface area contributed by atoms with Crippen LogP contribution in [0, 0.1) is 11.3 Å². The maximum atomic E-state index is 13.2. The van der Waals surface area contributed by atoms with E-state index in [9.17, 15) is 22.8 Å². The van der Waals surface area contributed by atoms with Gasteiger partial charge in [-0.15, -0.1) is 0 Å². The number of amides is 2. The molecule has 4 rings (SSSR count). The molecule has 8 nitrogen and oxygen atoms in total. The number of aromatic nitrogens is 2. The molecule has 0 bridgehead atoms. The van der Waals surface area contributed by atoms with Gasteiger partial charge in [-0.1, -0.05) is 6.07 Å².